The number of hydrogen-bond acceptors (Lipinski definition) is 4. The molecule has 1 rings (SSSR count). The van der Waals surface area contributed by atoms with Crippen molar-refractivity contribution in [2.75, 3.05) is 6.54 Å². The Morgan fingerprint density at radius 1 is 1.16 bits per heavy atom. The summed E-state index contributed by atoms with van der Waals surface area (Å²) in [7, 11) is 0. The summed E-state index contributed by atoms with van der Waals surface area (Å²) < 4.78 is 0. The van der Waals surface area contributed by atoms with Gasteiger partial charge in [-0.1, -0.05) is 44.2 Å². The van der Waals surface area contributed by atoms with Crippen LogP contribution in [0.5, 0.6) is 0 Å². The molecule has 0 bridgehead atoms. The van der Waals surface area contributed by atoms with E-state index in [9.17, 15) is 19.5 Å². The van der Waals surface area contributed by atoms with Crippen LogP contribution in [0.3, 0.4) is 0 Å². The number of nitrogens with two attached hydrogens (primary N) is 1. The molecule has 0 fully saturated rings. The number of rotatable bonds is 10. The van der Waals surface area contributed by atoms with Crippen LogP contribution in [0, 0.1) is 5.92 Å². The molecular weight excluding hydrogens is 322 g/mol. The zero-order valence-electron chi connectivity index (χ0n) is 14.7. The monoisotopic (exact) mass is 349 g/mol. The molecule has 7 heteroatoms. The number of carboxylic acids is 1. The zero-order valence-corrected chi connectivity index (χ0v) is 14.7. The van der Waals surface area contributed by atoms with Crippen LogP contribution in [-0.2, 0) is 20.8 Å². The number of hydrogen-bond donors (Lipinski definition) is 4. The topological polar surface area (TPSA) is 122 Å². The van der Waals surface area contributed by atoms with Gasteiger partial charge in [0.1, 0.15) is 6.04 Å². The highest BCUT2D eigenvalue weighted by Gasteiger charge is 2.24. The fourth-order valence-corrected chi connectivity index (χ4v) is 2.30. The van der Waals surface area contributed by atoms with E-state index >= 15 is 0 Å². The molecule has 0 aliphatic heterocycles. The summed E-state index contributed by atoms with van der Waals surface area (Å²) in [6.07, 6.45) is 1.27. The van der Waals surface area contributed by atoms with Gasteiger partial charge in [-0.15, -0.1) is 0 Å². The standard InChI is InChI=1S/C18H27N3O4/c1-12(2)10-14(19)17(23)21-15(18(24)25)11-20-16(22)9-8-13-6-4-3-5-7-13/h3-7,12,14-15H,8-11,19H2,1-2H3,(H,20,22)(H,21,23)(H,24,25). The second-order valence-electron chi connectivity index (χ2n) is 6.43. The summed E-state index contributed by atoms with van der Waals surface area (Å²) >= 11 is 0. The molecule has 2 atom stereocenters. The van der Waals surface area contributed by atoms with Gasteiger partial charge in [-0.3, -0.25) is 9.59 Å². The molecule has 2 unspecified atom stereocenters. The van der Waals surface area contributed by atoms with Crippen molar-refractivity contribution >= 4 is 17.8 Å². The van der Waals surface area contributed by atoms with E-state index in [1.54, 1.807) is 0 Å². The first kappa shape index (κ1) is 20.6. The summed E-state index contributed by atoms with van der Waals surface area (Å²) in [6, 6.07) is 7.55. The minimum atomic E-state index is -1.21. The molecule has 0 aliphatic carbocycles. The Labute approximate surface area is 148 Å². The molecule has 25 heavy (non-hydrogen) atoms. The van der Waals surface area contributed by atoms with E-state index in [4.69, 9.17) is 5.73 Å². The summed E-state index contributed by atoms with van der Waals surface area (Å²) in [5.41, 5.74) is 6.77. The third-order valence-corrected chi connectivity index (χ3v) is 3.66. The first-order valence-electron chi connectivity index (χ1n) is 8.39. The van der Waals surface area contributed by atoms with Crippen molar-refractivity contribution in [1.29, 1.82) is 0 Å². The van der Waals surface area contributed by atoms with Crippen molar-refractivity contribution in [3.05, 3.63) is 35.9 Å². The molecular formula is C18H27N3O4. The van der Waals surface area contributed by atoms with E-state index in [-0.39, 0.29) is 24.8 Å². The molecule has 0 saturated heterocycles. The molecule has 2 amide bonds. The molecule has 0 aliphatic rings. The number of carbonyl (C=O) groups excluding carboxylic acids is 2. The van der Waals surface area contributed by atoms with Crippen molar-refractivity contribution < 1.29 is 19.5 Å². The highest BCUT2D eigenvalue weighted by molar-refractivity contribution is 5.87. The second kappa shape index (κ2) is 10.5. The van der Waals surface area contributed by atoms with E-state index in [1.807, 2.05) is 44.2 Å². The number of carbonyl (C=O) groups is 3. The largest absolute Gasteiger partial charge is 0.480 e. The molecule has 7 nitrogen and oxygen atoms in total. The van der Waals surface area contributed by atoms with Gasteiger partial charge in [0, 0.05) is 13.0 Å². The molecule has 0 radical (unpaired) electrons. The van der Waals surface area contributed by atoms with Gasteiger partial charge >= 0.3 is 5.97 Å². The molecule has 0 aromatic heterocycles. The van der Waals surface area contributed by atoms with Gasteiger partial charge in [-0.25, -0.2) is 4.79 Å². The predicted molar refractivity (Wildman–Crippen MR) is 94.8 cm³/mol. The maximum absolute atomic E-state index is 11.9. The van der Waals surface area contributed by atoms with Gasteiger partial charge in [0.05, 0.1) is 6.04 Å². The molecule has 0 spiro atoms. The summed E-state index contributed by atoms with van der Waals surface area (Å²) in [4.78, 5) is 35.1. The summed E-state index contributed by atoms with van der Waals surface area (Å²) in [5.74, 6) is -1.79. The normalized spacial score (nSPS) is 13.1. The number of nitrogens with one attached hydrogen (secondary N) is 2. The molecule has 0 heterocycles. The van der Waals surface area contributed by atoms with Crippen LogP contribution in [0.4, 0.5) is 0 Å². The van der Waals surface area contributed by atoms with Gasteiger partial charge in [-0.2, -0.15) is 0 Å². The van der Waals surface area contributed by atoms with Crippen molar-refractivity contribution in [2.45, 2.75) is 45.2 Å². The SMILES string of the molecule is CC(C)CC(N)C(=O)NC(CNC(=O)CCc1ccccc1)C(=O)O. The van der Waals surface area contributed by atoms with Crippen LogP contribution in [0.2, 0.25) is 0 Å². The number of aryl methyl sites for hydroxylation is 1. The first-order chi connectivity index (χ1) is 11.8. The Morgan fingerprint density at radius 2 is 1.80 bits per heavy atom. The first-order valence-corrected chi connectivity index (χ1v) is 8.39. The summed E-state index contributed by atoms with van der Waals surface area (Å²) in [5, 5.41) is 14.1. The van der Waals surface area contributed by atoms with Crippen LogP contribution < -0.4 is 16.4 Å². The Hall–Kier alpha value is -2.41. The zero-order chi connectivity index (χ0) is 18.8. The molecule has 5 N–H and O–H groups in total. The van der Waals surface area contributed by atoms with Crippen molar-refractivity contribution in [2.24, 2.45) is 11.7 Å². The maximum Gasteiger partial charge on any atom is 0.328 e. The lowest BCUT2D eigenvalue weighted by molar-refractivity contribution is -0.142. The van der Waals surface area contributed by atoms with Gasteiger partial charge in [0.15, 0.2) is 0 Å². The lowest BCUT2D eigenvalue weighted by Crippen LogP contribution is -2.53. The highest BCUT2D eigenvalue weighted by atomic mass is 16.4. The number of benzene rings is 1. The Bertz CT molecular complexity index is 575. The molecule has 1 aromatic rings. The molecule has 138 valence electrons. The van der Waals surface area contributed by atoms with Gasteiger partial charge in [-0.05, 0) is 24.3 Å². The van der Waals surface area contributed by atoms with E-state index in [0.717, 1.165) is 5.56 Å². The second-order valence-corrected chi connectivity index (χ2v) is 6.43. The van der Waals surface area contributed by atoms with Crippen molar-refractivity contribution in [3.8, 4) is 0 Å². The predicted octanol–water partition coefficient (Wildman–Crippen LogP) is 0.678. The van der Waals surface area contributed by atoms with E-state index in [2.05, 4.69) is 10.6 Å². The lowest BCUT2D eigenvalue weighted by atomic mass is 10.0. The maximum atomic E-state index is 11.9. The van der Waals surface area contributed by atoms with Crippen molar-refractivity contribution in [1.82, 2.24) is 10.6 Å². The minimum absolute atomic E-state index is 0.177. The number of aliphatic carboxylic acids is 1. The van der Waals surface area contributed by atoms with E-state index in [0.29, 0.717) is 12.8 Å². The van der Waals surface area contributed by atoms with Gasteiger partial charge in [0.25, 0.3) is 0 Å². The average Bonchev–Trinajstić information content (AvgIpc) is 2.56. The van der Waals surface area contributed by atoms with Gasteiger partial charge < -0.3 is 21.5 Å². The number of carboxylic acid groups (broad SMARTS) is 1. The van der Waals surface area contributed by atoms with Crippen LogP contribution in [0.25, 0.3) is 0 Å². The Balaban J connectivity index is 2.43. The summed E-state index contributed by atoms with van der Waals surface area (Å²) in [6.45, 7) is 3.67. The Morgan fingerprint density at radius 3 is 2.36 bits per heavy atom. The molecule has 1 aromatic carbocycles. The average molecular weight is 349 g/mol. The van der Waals surface area contributed by atoms with E-state index in [1.165, 1.54) is 0 Å². The van der Waals surface area contributed by atoms with Crippen LogP contribution >= 0.6 is 0 Å². The van der Waals surface area contributed by atoms with Crippen LogP contribution in [0.15, 0.2) is 30.3 Å². The Kier molecular flexibility index (Phi) is 8.63. The smallest absolute Gasteiger partial charge is 0.328 e. The quantitative estimate of drug-likeness (QED) is 0.495. The fraction of sp³-hybridized carbons (Fsp3) is 0.500. The van der Waals surface area contributed by atoms with E-state index < -0.39 is 24.0 Å². The fourth-order valence-electron chi connectivity index (χ4n) is 2.30. The third kappa shape index (κ3) is 8.30. The lowest BCUT2D eigenvalue weighted by Gasteiger charge is -2.19. The van der Waals surface area contributed by atoms with Gasteiger partial charge in [0.2, 0.25) is 11.8 Å². The third-order valence-electron chi connectivity index (χ3n) is 3.66. The molecule has 0 saturated carbocycles. The minimum Gasteiger partial charge on any atom is -0.480 e. The van der Waals surface area contributed by atoms with Crippen LogP contribution in [-0.4, -0.2) is 41.5 Å². The highest BCUT2D eigenvalue weighted by Crippen LogP contribution is 2.03. The van der Waals surface area contributed by atoms with Crippen molar-refractivity contribution in [3.63, 3.8) is 0 Å². The van der Waals surface area contributed by atoms with Crippen LogP contribution in [0.1, 0.15) is 32.3 Å². The number of amides is 2.